The minimum atomic E-state index is -0.316. The van der Waals surface area contributed by atoms with Crippen LogP contribution in [-0.4, -0.2) is 40.6 Å². The van der Waals surface area contributed by atoms with Crippen LogP contribution in [0.2, 0.25) is 0 Å². The van der Waals surface area contributed by atoms with Gasteiger partial charge in [-0.05, 0) is 19.9 Å². The van der Waals surface area contributed by atoms with Gasteiger partial charge in [0.2, 0.25) is 5.95 Å². The number of thiocarbonyl (C=S) groups is 1. The molecule has 0 aromatic carbocycles. The lowest BCUT2D eigenvalue weighted by Gasteiger charge is -2.19. The highest BCUT2D eigenvalue weighted by Crippen LogP contribution is 2.07. The fourth-order valence-electron chi connectivity index (χ4n) is 1.32. The first-order valence-electron chi connectivity index (χ1n) is 5.61. The zero-order valence-corrected chi connectivity index (χ0v) is 11.2. The summed E-state index contributed by atoms with van der Waals surface area (Å²) in [7, 11) is 0. The van der Waals surface area contributed by atoms with Crippen molar-refractivity contribution in [2.75, 3.05) is 24.6 Å². The van der Waals surface area contributed by atoms with Crippen molar-refractivity contribution in [2.45, 2.75) is 13.8 Å². The molecule has 6 nitrogen and oxygen atoms in total. The molecule has 0 aliphatic heterocycles. The number of anilines is 1. The highest BCUT2D eigenvalue weighted by atomic mass is 32.1. The summed E-state index contributed by atoms with van der Waals surface area (Å²) in [5.41, 5.74) is 5.99. The van der Waals surface area contributed by atoms with Gasteiger partial charge in [-0.15, -0.1) is 0 Å². The number of esters is 1. The topological polar surface area (TPSA) is 81.3 Å². The second-order valence-electron chi connectivity index (χ2n) is 3.43. The lowest BCUT2D eigenvalue weighted by atomic mass is 10.4. The van der Waals surface area contributed by atoms with Gasteiger partial charge in [-0.2, -0.15) is 0 Å². The van der Waals surface area contributed by atoms with Crippen molar-refractivity contribution < 1.29 is 9.53 Å². The minimum absolute atomic E-state index is 0.102. The van der Waals surface area contributed by atoms with Crippen LogP contribution in [-0.2, 0) is 9.53 Å². The summed E-state index contributed by atoms with van der Waals surface area (Å²) in [6.07, 6.45) is 1.56. The molecule has 0 saturated carbocycles. The highest BCUT2D eigenvalue weighted by molar-refractivity contribution is 7.80. The summed E-state index contributed by atoms with van der Waals surface area (Å²) in [6, 6.07) is 1.63. The van der Waals surface area contributed by atoms with Gasteiger partial charge in [-0.25, -0.2) is 9.97 Å². The summed E-state index contributed by atoms with van der Waals surface area (Å²) < 4.78 is 4.89. The second-order valence-corrected chi connectivity index (χ2v) is 3.87. The molecule has 0 aliphatic carbocycles. The molecule has 1 aromatic rings. The summed E-state index contributed by atoms with van der Waals surface area (Å²) in [4.78, 5) is 21.6. The highest BCUT2D eigenvalue weighted by Gasteiger charge is 2.13. The van der Waals surface area contributed by atoms with E-state index in [2.05, 4.69) is 9.97 Å². The number of rotatable bonds is 6. The van der Waals surface area contributed by atoms with E-state index in [1.807, 2.05) is 6.92 Å². The van der Waals surface area contributed by atoms with Crippen LogP contribution in [0, 0.1) is 0 Å². The minimum Gasteiger partial charge on any atom is -0.465 e. The summed E-state index contributed by atoms with van der Waals surface area (Å²) in [5.74, 6) is 0.0968. The van der Waals surface area contributed by atoms with Crippen molar-refractivity contribution in [3.8, 4) is 0 Å². The van der Waals surface area contributed by atoms with E-state index in [0.29, 0.717) is 24.8 Å². The Morgan fingerprint density at radius 1 is 1.56 bits per heavy atom. The number of carbonyl (C=O) groups excluding carboxylic acids is 1. The van der Waals surface area contributed by atoms with Gasteiger partial charge in [0.15, 0.2) is 0 Å². The summed E-state index contributed by atoms with van der Waals surface area (Å²) >= 11 is 4.85. The van der Waals surface area contributed by atoms with Crippen molar-refractivity contribution in [1.82, 2.24) is 9.97 Å². The Kier molecular flexibility index (Phi) is 5.44. The van der Waals surface area contributed by atoms with Crippen LogP contribution in [0.4, 0.5) is 5.95 Å². The van der Waals surface area contributed by atoms with Crippen LogP contribution >= 0.6 is 12.2 Å². The molecular formula is C11H16N4O2S. The Balaban J connectivity index is 2.84. The molecule has 0 spiro atoms. The predicted octanol–water partition coefficient (Wildman–Crippen LogP) is 0.500. The number of hydrogen-bond donors (Lipinski definition) is 1. The molecule has 7 heteroatoms. The Hall–Kier alpha value is -1.76. The molecule has 0 saturated heterocycles. The van der Waals surface area contributed by atoms with E-state index in [4.69, 9.17) is 22.7 Å². The average molecular weight is 268 g/mol. The molecule has 18 heavy (non-hydrogen) atoms. The Bertz CT molecular complexity index is 439. The predicted molar refractivity (Wildman–Crippen MR) is 72.4 cm³/mol. The molecule has 0 bridgehead atoms. The lowest BCUT2D eigenvalue weighted by molar-refractivity contribution is -0.141. The number of aromatic nitrogens is 2. The van der Waals surface area contributed by atoms with Gasteiger partial charge in [-0.1, -0.05) is 12.2 Å². The number of ether oxygens (including phenoxy) is 1. The Labute approximate surface area is 111 Å². The van der Waals surface area contributed by atoms with E-state index in [1.165, 1.54) is 0 Å². The van der Waals surface area contributed by atoms with E-state index in [-0.39, 0.29) is 17.5 Å². The SMILES string of the molecule is CCOC(=O)CN(CC)c1nccc(C(N)=S)n1. The first-order chi connectivity index (χ1) is 8.58. The zero-order valence-electron chi connectivity index (χ0n) is 10.4. The van der Waals surface area contributed by atoms with Crippen LogP contribution in [0.25, 0.3) is 0 Å². The largest absolute Gasteiger partial charge is 0.465 e. The van der Waals surface area contributed by atoms with Crippen LogP contribution in [0.1, 0.15) is 19.5 Å². The first-order valence-corrected chi connectivity index (χ1v) is 6.02. The zero-order chi connectivity index (χ0) is 13.5. The van der Waals surface area contributed by atoms with Crippen LogP contribution in [0.5, 0.6) is 0 Å². The molecule has 1 rings (SSSR count). The van der Waals surface area contributed by atoms with Gasteiger partial charge >= 0.3 is 5.97 Å². The van der Waals surface area contributed by atoms with Crippen LogP contribution in [0.3, 0.4) is 0 Å². The molecule has 0 unspecified atom stereocenters. The second kappa shape index (κ2) is 6.85. The van der Waals surface area contributed by atoms with E-state index < -0.39 is 0 Å². The van der Waals surface area contributed by atoms with Crippen molar-refractivity contribution in [3.05, 3.63) is 18.0 Å². The molecule has 1 heterocycles. The molecule has 0 atom stereocenters. The van der Waals surface area contributed by atoms with E-state index in [0.717, 1.165) is 0 Å². The average Bonchev–Trinajstić information content (AvgIpc) is 2.36. The molecule has 0 radical (unpaired) electrons. The third-order valence-corrected chi connectivity index (χ3v) is 2.39. The van der Waals surface area contributed by atoms with Gasteiger partial charge in [0, 0.05) is 12.7 Å². The summed E-state index contributed by atoms with van der Waals surface area (Å²) in [6.45, 7) is 4.70. The van der Waals surface area contributed by atoms with Gasteiger partial charge in [-0.3, -0.25) is 4.79 Å². The number of nitrogens with zero attached hydrogens (tertiary/aromatic N) is 3. The first kappa shape index (κ1) is 14.3. The molecular weight excluding hydrogens is 252 g/mol. The monoisotopic (exact) mass is 268 g/mol. The van der Waals surface area contributed by atoms with Crippen LogP contribution in [0.15, 0.2) is 12.3 Å². The molecule has 1 aromatic heterocycles. The number of likely N-dealkylation sites (N-methyl/N-ethyl adjacent to an activating group) is 1. The number of nitrogens with two attached hydrogens (primary N) is 1. The third-order valence-electron chi connectivity index (χ3n) is 2.19. The van der Waals surface area contributed by atoms with E-state index in [1.54, 1.807) is 24.1 Å². The van der Waals surface area contributed by atoms with E-state index >= 15 is 0 Å². The van der Waals surface area contributed by atoms with E-state index in [9.17, 15) is 4.79 Å². The standard InChI is InChI=1S/C11H16N4O2S/c1-3-15(7-9(16)17-4-2)11-13-6-5-8(14-11)10(12)18/h5-6H,3-4,7H2,1-2H3,(H2,12,18). The quantitative estimate of drug-likeness (QED) is 0.594. The van der Waals surface area contributed by atoms with Crippen LogP contribution < -0.4 is 10.6 Å². The maximum Gasteiger partial charge on any atom is 0.325 e. The normalized spacial score (nSPS) is 9.89. The van der Waals surface area contributed by atoms with Crippen molar-refractivity contribution in [1.29, 1.82) is 0 Å². The molecule has 0 amide bonds. The fourth-order valence-corrected chi connectivity index (χ4v) is 1.44. The van der Waals surface area contributed by atoms with Crippen molar-refractivity contribution in [2.24, 2.45) is 5.73 Å². The number of hydrogen-bond acceptors (Lipinski definition) is 6. The smallest absolute Gasteiger partial charge is 0.325 e. The van der Waals surface area contributed by atoms with Gasteiger partial charge in [0.1, 0.15) is 17.2 Å². The van der Waals surface area contributed by atoms with Crippen molar-refractivity contribution >= 4 is 29.1 Å². The van der Waals surface area contributed by atoms with Gasteiger partial charge < -0.3 is 15.4 Å². The fraction of sp³-hybridized carbons (Fsp3) is 0.455. The number of carbonyl (C=O) groups is 1. The molecule has 2 N–H and O–H groups in total. The Morgan fingerprint density at radius 3 is 2.83 bits per heavy atom. The lowest BCUT2D eigenvalue weighted by Crippen LogP contribution is -2.32. The van der Waals surface area contributed by atoms with Gasteiger partial charge in [0.05, 0.1) is 6.61 Å². The maximum absolute atomic E-state index is 11.4. The maximum atomic E-state index is 11.4. The molecule has 0 fully saturated rings. The Morgan fingerprint density at radius 2 is 2.28 bits per heavy atom. The third kappa shape index (κ3) is 3.92. The summed E-state index contributed by atoms with van der Waals surface area (Å²) in [5, 5.41) is 0. The van der Waals surface area contributed by atoms with Gasteiger partial charge in [0.25, 0.3) is 0 Å². The van der Waals surface area contributed by atoms with Crippen molar-refractivity contribution in [3.63, 3.8) is 0 Å². The molecule has 0 aliphatic rings. The molecule has 98 valence electrons.